The summed E-state index contributed by atoms with van der Waals surface area (Å²) >= 11 is 5.81. The zero-order valence-electron chi connectivity index (χ0n) is 10.9. The molecule has 108 valence electrons. The lowest BCUT2D eigenvalue weighted by Crippen LogP contribution is -2.23. The average Bonchev–Trinajstić information content (AvgIpc) is 2.45. The first-order valence-electron chi connectivity index (χ1n) is 6.04. The molecule has 2 aromatic rings. The number of nitro groups is 1. The van der Waals surface area contributed by atoms with Crippen molar-refractivity contribution in [3.63, 3.8) is 0 Å². The molecule has 0 saturated heterocycles. The summed E-state index contributed by atoms with van der Waals surface area (Å²) in [5.41, 5.74) is 6.95. The van der Waals surface area contributed by atoms with Crippen LogP contribution in [0.15, 0.2) is 42.5 Å². The van der Waals surface area contributed by atoms with Crippen LogP contribution < -0.4 is 11.1 Å². The molecule has 0 fully saturated rings. The molecular weight excluding hydrogens is 294 g/mol. The van der Waals surface area contributed by atoms with E-state index < -0.39 is 4.92 Å². The van der Waals surface area contributed by atoms with E-state index in [-0.39, 0.29) is 23.8 Å². The Balaban J connectivity index is 2.06. The van der Waals surface area contributed by atoms with Crippen LogP contribution in [0.3, 0.4) is 0 Å². The van der Waals surface area contributed by atoms with Crippen LogP contribution in [0, 0.1) is 10.1 Å². The Hall–Kier alpha value is -2.60. The fourth-order valence-electron chi connectivity index (χ4n) is 1.76. The summed E-state index contributed by atoms with van der Waals surface area (Å²) in [7, 11) is 0. The first-order chi connectivity index (χ1) is 9.97. The number of amides is 1. The number of nitrogens with one attached hydrogen (secondary N) is 1. The number of nitrogens with two attached hydrogens (primary N) is 1. The third-order valence-corrected chi connectivity index (χ3v) is 3.10. The summed E-state index contributed by atoms with van der Waals surface area (Å²) in [6, 6.07) is 10.7. The van der Waals surface area contributed by atoms with Crippen molar-refractivity contribution in [2.75, 3.05) is 5.73 Å². The monoisotopic (exact) mass is 305 g/mol. The van der Waals surface area contributed by atoms with Crippen LogP contribution in [-0.4, -0.2) is 10.8 Å². The lowest BCUT2D eigenvalue weighted by Gasteiger charge is -2.08. The molecule has 0 aliphatic heterocycles. The van der Waals surface area contributed by atoms with Gasteiger partial charge in [-0.3, -0.25) is 14.9 Å². The molecule has 0 bridgehead atoms. The molecule has 2 aromatic carbocycles. The lowest BCUT2D eigenvalue weighted by atomic mass is 10.1. The van der Waals surface area contributed by atoms with Crippen LogP contribution in [0.1, 0.15) is 15.9 Å². The predicted octanol–water partition coefficient (Wildman–Crippen LogP) is 2.76. The lowest BCUT2D eigenvalue weighted by molar-refractivity contribution is -0.384. The van der Waals surface area contributed by atoms with Crippen LogP contribution in [0.2, 0.25) is 5.02 Å². The maximum absolute atomic E-state index is 11.9. The second kappa shape index (κ2) is 6.23. The van der Waals surface area contributed by atoms with E-state index in [2.05, 4.69) is 5.32 Å². The summed E-state index contributed by atoms with van der Waals surface area (Å²) in [6.45, 7) is 0.176. The standard InChI is InChI=1S/C14H12ClN3O3/c15-11-3-1-2-9(6-11)14(19)17-8-10-4-5-12(18(20)21)7-13(10)16/h1-7H,8,16H2,(H,17,19). The zero-order chi connectivity index (χ0) is 15.4. The third kappa shape index (κ3) is 3.70. The van der Waals surface area contributed by atoms with Gasteiger partial charge in [-0.1, -0.05) is 17.7 Å². The molecule has 1 amide bonds. The minimum Gasteiger partial charge on any atom is -0.398 e. The number of non-ortho nitro benzene ring substituents is 1. The molecule has 21 heavy (non-hydrogen) atoms. The Bertz CT molecular complexity index is 704. The van der Waals surface area contributed by atoms with Gasteiger partial charge in [0, 0.05) is 35.0 Å². The van der Waals surface area contributed by atoms with Crippen molar-refractivity contribution in [2.45, 2.75) is 6.54 Å². The van der Waals surface area contributed by atoms with Crippen molar-refractivity contribution in [3.8, 4) is 0 Å². The van der Waals surface area contributed by atoms with Crippen LogP contribution >= 0.6 is 11.6 Å². The third-order valence-electron chi connectivity index (χ3n) is 2.87. The number of rotatable bonds is 4. The van der Waals surface area contributed by atoms with Gasteiger partial charge in [0.1, 0.15) is 0 Å². The van der Waals surface area contributed by atoms with E-state index >= 15 is 0 Å². The van der Waals surface area contributed by atoms with Gasteiger partial charge in [0.05, 0.1) is 4.92 Å². The fraction of sp³-hybridized carbons (Fsp3) is 0.0714. The first-order valence-corrected chi connectivity index (χ1v) is 6.42. The second-order valence-electron chi connectivity index (χ2n) is 4.33. The highest BCUT2D eigenvalue weighted by Gasteiger charge is 2.10. The molecule has 0 aliphatic rings. The van der Waals surface area contributed by atoms with Crippen molar-refractivity contribution in [3.05, 3.63) is 68.7 Å². The topological polar surface area (TPSA) is 98.3 Å². The number of hydrogen-bond donors (Lipinski definition) is 2. The molecule has 6 nitrogen and oxygen atoms in total. The maximum atomic E-state index is 11.9. The molecule has 2 rings (SSSR count). The summed E-state index contributed by atoms with van der Waals surface area (Å²) in [6.07, 6.45) is 0. The SMILES string of the molecule is Nc1cc([N+](=O)[O-])ccc1CNC(=O)c1cccc(Cl)c1. The number of nitro benzene ring substituents is 1. The van der Waals surface area contributed by atoms with Gasteiger partial charge in [0.2, 0.25) is 0 Å². The number of nitrogen functional groups attached to an aromatic ring is 1. The smallest absolute Gasteiger partial charge is 0.271 e. The predicted molar refractivity (Wildman–Crippen MR) is 80.1 cm³/mol. The van der Waals surface area contributed by atoms with E-state index in [1.54, 1.807) is 24.3 Å². The average molecular weight is 306 g/mol. The molecule has 0 saturated carbocycles. The number of carbonyl (C=O) groups excluding carboxylic acids is 1. The number of nitrogens with zero attached hydrogens (tertiary/aromatic N) is 1. The summed E-state index contributed by atoms with van der Waals surface area (Å²) in [5.74, 6) is -0.296. The van der Waals surface area contributed by atoms with Crippen LogP contribution in [0.25, 0.3) is 0 Å². The summed E-state index contributed by atoms with van der Waals surface area (Å²) < 4.78 is 0. The number of hydrogen-bond acceptors (Lipinski definition) is 4. The highest BCUT2D eigenvalue weighted by Crippen LogP contribution is 2.19. The van der Waals surface area contributed by atoms with E-state index in [1.165, 1.54) is 18.2 Å². The molecule has 0 radical (unpaired) electrons. The number of anilines is 1. The van der Waals surface area contributed by atoms with Gasteiger partial charge in [-0.25, -0.2) is 0 Å². The van der Waals surface area contributed by atoms with Gasteiger partial charge in [-0.05, 0) is 29.8 Å². The van der Waals surface area contributed by atoms with E-state index in [4.69, 9.17) is 17.3 Å². The molecule has 0 heterocycles. The summed E-state index contributed by atoms with van der Waals surface area (Å²) in [4.78, 5) is 22.0. The Morgan fingerprint density at radius 1 is 1.29 bits per heavy atom. The van der Waals surface area contributed by atoms with Crippen LogP contribution in [-0.2, 0) is 6.54 Å². The normalized spacial score (nSPS) is 10.1. The van der Waals surface area contributed by atoms with Gasteiger partial charge in [0.15, 0.2) is 0 Å². The molecule has 3 N–H and O–H groups in total. The Morgan fingerprint density at radius 3 is 2.67 bits per heavy atom. The van der Waals surface area contributed by atoms with E-state index in [9.17, 15) is 14.9 Å². The Kier molecular flexibility index (Phi) is 4.39. The van der Waals surface area contributed by atoms with Gasteiger partial charge < -0.3 is 11.1 Å². The molecule has 0 atom stereocenters. The Morgan fingerprint density at radius 2 is 2.05 bits per heavy atom. The van der Waals surface area contributed by atoms with Gasteiger partial charge in [0.25, 0.3) is 11.6 Å². The molecular formula is C14H12ClN3O3. The molecule has 7 heteroatoms. The number of halogens is 1. The van der Waals surface area contributed by atoms with Crippen molar-refractivity contribution in [2.24, 2.45) is 0 Å². The van der Waals surface area contributed by atoms with Gasteiger partial charge in [-0.15, -0.1) is 0 Å². The fourth-order valence-corrected chi connectivity index (χ4v) is 1.95. The quantitative estimate of drug-likeness (QED) is 0.515. The highest BCUT2D eigenvalue weighted by molar-refractivity contribution is 6.30. The van der Waals surface area contributed by atoms with Crippen LogP contribution in [0.4, 0.5) is 11.4 Å². The van der Waals surface area contributed by atoms with Crippen molar-refractivity contribution < 1.29 is 9.72 Å². The molecule has 0 aromatic heterocycles. The minimum atomic E-state index is -0.523. The van der Waals surface area contributed by atoms with Crippen LogP contribution in [0.5, 0.6) is 0 Å². The molecule has 0 unspecified atom stereocenters. The van der Waals surface area contributed by atoms with E-state index in [0.29, 0.717) is 16.1 Å². The molecule has 0 spiro atoms. The molecule has 0 aliphatic carbocycles. The van der Waals surface area contributed by atoms with Crippen molar-refractivity contribution in [1.82, 2.24) is 5.32 Å². The van der Waals surface area contributed by atoms with E-state index in [1.807, 2.05) is 0 Å². The number of benzene rings is 2. The van der Waals surface area contributed by atoms with Crippen molar-refractivity contribution >= 4 is 28.9 Å². The second-order valence-corrected chi connectivity index (χ2v) is 4.77. The van der Waals surface area contributed by atoms with E-state index in [0.717, 1.165) is 0 Å². The van der Waals surface area contributed by atoms with Crippen molar-refractivity contribution in [1.29, 1.82) is 0 Å². The maximum Gasteiger partial charge on any atom is 0.271 e. The summed E-state index contributed by atoms with van der Waals surface area (Å²) in [5, 5.41) is 13.8. The largest absolute Gasteiger partial charge is 0.398 e. The minimum absolute atomic E-state index is 0.0857. The first kappa shape index (κ1) is 14.8. The van der Waals surface area contributed by atoms with Gasteiger partial charge >= 0.3 is 0 Å². The van der Waals surface area contributed by atoms with Gasteiger partial charge in [-0.2, -0.15) is 0 Å². The zero-order valence-corrected chi connectivity index (χ0v) is 11.6. The Labute approximate surface area is 125 Å². The number of carbonyl (C=O) groups is 1. The highest BCUT2D eigenvalue weighted by atomic mass is 35.5.